The molecule has 4 N–H and O–H groups in total. The monoisotopic (exact) mass is 354 g/mol. The van der Waals surface area contributed by atoms with E-state index in [9.17, 15) is 4.79 Å². The van der Waals surface area contributed by atoms with Gasteiger partial charge >= 0.3 is 6.03 Å². The maximum absolute atomic E-state index is 12.4. The molecular weight excluding hydrogens is 332 g/mol. The number of carbonyl (C=O) groups is 1. The Balaban J connectivity index is 1.83. The SMILES string of the molecule is CNC(=O)N1N[C@@H](c2ccc(N)cc2)c2cc3c(cc2C[C@H]1C)OCO3. The zero-order valence-corrected chi connectivity index (χ0v) is 14.8. The largest absolute Gasteiger partial charge is 0.454 e. The Hall–Kier alpha value is -2.93. The molecule has 2 aromatic carbocycles. The number of anilines is 1. The van der Waals surface area contributed by atoms with Crippen molar-refractivity contribution < 1.29 is 14.3 Å². The number of fused-ring (bicyclic) bond motifs is 2. The number of hydrogen-bond acceptors (Lipinski definition) is 5. The van der Waals surface area contributed by atoms with Crippen LogP contribution in [0.2, 0.25) is 0 Å². The van der Waals surface area contributed by atoms with Gasteiger partial charge in [-0.3, -0.25) is 5.01 Å². The number of nitrogens with one attached hydrogen (secondary N) is 2. The number of urea groups is 1. The van der Waals surface area contributed by atoms with Crippen LogP contribution in [0.4, 0.5) is 10.5 Å². The van der Waals surface area contributed by atoms with Crippen LogP contribution in [0.3, 0.4) is 0 Å². The minimum absolute atomic E-state index is 0.0344. The Morgan fingerprint density at radius 1 is 1.23 bits per heavy atom. The Labute approximate surface area is 152 Å². The summed E-state index contributed by atoms with van der Waals surface area (Å²) in [6, 6.07) is 11.3. The summed E-state index contributed by atoms with van der Waals surface area (Å²) in [6.45, 7) is 2.25. The molecular formula is C19H22N4O3. The van der Waals surface area contributed by atoms with E-state index in [1.807, 2.05) is 43.3 Å². The summed E-state index contributed by atoms with van der Waals surface area (Å²) in [4.78, 5) is 12.4. The maximum Gasteiger partial charge on any atom is 0.331 e. The zero-order valence-electron chi connectivity index (χ0n) is 14.8. The van der Waals surface area contributed by atoms with Crippen molar-refractivity contribution >= 4 is 11.7 Å². The van der Waals surface area contributed by atoms with Gasteiger partial charge in [0.2, 0.25) is 6.79 Å². The van der Waals surface area contributed by atoms with Crippen molar-refractivity contribution in [3.63, 3.8) is 0 Å². The van der Waals surface area contributed by atoms with Crippen LogP contribution in [-0.4, -0.2) is 30.9 Å². The quantitative estimate of drug-likeness (QED) is 0.683. The molecule has 0 radical (unpaired) electrons. The second kappa shape index (κ2) is 6.42. The first-order valence-corrected chi connectivity index (χ1v) is 8.62. The van der Waals surface area contributed by atoms with Crippen LogP contribution in [0, 0.1) is 0 Å². The van der Waals surface area contributed by atoms with E-state index in [1.165, 1.54) is 0 Å². The van der Waals surface area contributed by atoms with Gasteiger partial charge < -0.3 is 20.5 Å². The van der Waals surface area contributed by atoms with Crippen LogP contribution < -0.4 is 25.9 Å². The van der Waals surface area contributed by atoms with E-state index in [4.69, 9.17) is 15.2 Å². The number of ether oxygens (including phenoxy) is 2. The highest BCUT2D eigenvalue weighted by Gasteiger charge is 2.32. The molecule has 0 spiro atoms. The summed E-state index contributed by atoms with van der Waals surface area (Å²) in [5.74, 6) is 1.48. The van der Waals surface area contributed by atoms with Crippen LogP contribution in [0.25, 0.3) is 0 Å². The average molecular weight is 354 g/mol. The smallest absolute Gasteiger partial charge is 0.331 e. The lowest BCUT2D eigenvalue weighted by Gasteiger charge is -2.30. The normalized spacial score (nSPS) is 21.1. The van der Waals surface area contributed by atoms with E-state index >= 15 is 0 Å². The predicted octanol–water partition coefficient (Wildman–Crippen LogP) is 2.18. The Morgan fingerprint density at radius 2 is 1.92 bits per heavy atom. The van der Waals surface area contributed by atoms with Crippen molar-refractivity contribution in [2.24, 2.45) is 0 Å². The molecule has 2 aromatic rings. The molecule has 2 aliphatic heterocycles. The van der Waals surface area contributed by atoms with E-state index in [2.05, 4.69) is 10.7 Å². The summed E-state index contributed by atoms with van der Waals surface area (Å²) in [7, 11) is 1.63. The van der Waals surface area contributed by atoms with Crippen LogP contribution in [0.15, 0.2) is 36.4 Å². The van der Waals surface area contributed by atoms with Gasteiger partial charge in [0.1, 0.15) is 0 Å². The highest BCUT2D eigenvalue weighted by Crippen LogP contribution is 2.40. The standard InChI is InChI=1S/C19H22N4O3/c1-11-7-13-8-16-17(26-10-25-16)9-15(13)18(22-23(11)19(24)21-2)12-3-5-14(20)6-4-12/h3-6,8-9,11,18,22H,7,10,20H2,1-2H3,(H,21,24)/t11-,18+/m1/s1. The van der Waals surface area contributed by atoms with Gasteiger partial charge in [-0.15, -0.1) is 0 Å². The van der Waals surface area contributed by atoms with E-state index in [0.717, 1.165) is 28.2 Å². The summed E-state index contributed by atoms with van der Waals surface area (Å²) in [6.07, 6.45) is 0.706. The number of nitrogens with zero attached hydrogens (tertiary/aromatic N) is 1. The number of rotatable bonds is 1. The summed E-state index contributed by atoms with van der Waals surface area (Å²) in [5.41, 5.74) is 13.1. The molecule has 0 aliphatic carbocycles. The molecule has 0 aromatic heterocycles. The lowest BCUT2D eigenvalue weighted by atomic mass is 9.92. The van der Waals surface area contributed by atoms with E-state index < -0.39 is 0 Å². The fourth-order valence-electron chi connectivity index (χ4n) is 3.51. The predicted molar refractivity (Wildman–Crippen MR) is 97.9 cm³/mol. The Kier molecular flexibility index (Phi) is 4.08. The fraction of sp³-hybridized carbons (Fsp3) is 0.316. The van der Waals surface area contributed by atoms with Crippen molar-refractivity contribution in [2.75, 3.05) is 19.6 Å². The Morgan fingerprint density at radius 3 is 2.62 bits per heavy atom. The third kappa shape index (κ3) is 2.80. The van der Waals surface area contributed by atoms with E-state index in [-0.39, 0.29) is 24.9 Å². The number of hydrogen-bond donors (Lipinski definition) is 3. The van der Waals surface area contributed by atoms with Gasteiger partial charge in [0.15, 0.2) is 11.5 Å². The van der Waals surface area contributed by atoms with Gasteiger partial charge in [-0.1, -0.05) is 12.1 Å². The first-order chi connectivity index (χ1) is 12.6. The first-order valence-electron chi connectivity index (χ1n) is 8.62. The van der Waals surface area contributed by atoms with Gasteiger partial charge in [0.05, 0.1) is 12.1 Å². The van der Waals surface area contributed by atoms with Gasteiger partial charge in [-0.05, 0) is 54.3 Å². The van der Waals surface area contributed by atoms with Crippen LogP contribution >= 0.6 is 0 Å². The van der Waals surface area contributed by atoms with E-state index in [1.54, 1.807) is 12.1 Å². The Bertz CT molecular complexity index is 837. The van der Waals surface area contributed by atoms with Crippen LogP contribution in [0.5, 0.6) is 11.5 Å². The van der Waals surface area contributed by atoms with Gasteiger partial charge in [-0.25, -0.2) is 10.2 Å². The maximum atomic E-state index is 12.4. The molecule has 2 atom stereocenters. The molecule has 136 valence electrons. The minimum atomic E-state index is -0.206. The second-order valence-corrected chi connectivity index (χ2v) is 6.61. The van der Waals surface area contributed by atoms with Crippen LogP contribution in [0.1, 0.15) is 29.7 Å². The molecule has 0 saturated heterocycles. The highest BCUT2D eigenvalue weighted by atomic mass is 16.7. The molecule has 4 rings (SSSR count). The second-order valence-electron chi connectivity index (χ2n) is 6.61. The van der Waals surface area contributed by atoms with Crippen molar-refractivity contribution in [3.05, 3.63) is 53.1 Å². The summed E-state index contributed by atoms with van der Waals surface area (Å²) in [5, 5.41) is 4.35. The molecule has 2 heterocycles. The van der Waals surface area contributed by atoms with Gasteiger partial charge in [-0.2, -0.15) is 0 Å². The van der Waals surface area contributed by atoms with E-state index in [0.29, 0.717) is 12.1 Å². The number of amides is 2. The number of nitrogen functional groups attached to an aromatic ring is 1. The van der Waals surface area contributed by atoms with Crippen LogP contribution in [-0.2, 0) is 6.42 Å². The number of benzene rings is 2. The number of hydrazine groups is 1. The minimum Gasteiger partial charge on any atom is -0.454 e. The first kappa shape index (κ1) is 16.5. The summed E-state index contributed by atoms with van der Waals surface area (Å²) >= 11 is 0. The lowest BCUT2D eigenvalue weighted by molar-refractivity contribution is 0.139. The zero-order chi connectivity index (χ0) is 18.3. The van der Waals surface area contributed by atoms with Crippen molar-refractivity contribution in [1.29, 1.82) is 0 Å². The molecule has 7 nitrogen and oxygen atoms in total. The third-order valence-electron chi connectivity index (χ3n) is 4.87. The number of carbonyl (C=O) groups excluding carboxylic acids is 1. The molecule has 0 fully saturated rings. The van der Waals surface area contributed by atoms with Crippen molar-refractivity contribution in [3.8, 4) is 11.5 Å². The third-order valence-corrected chi connectivity index (χ3v) is 4.87. The van der Waals surface area contributed by atoms with Gasteiger partial charge in [0, 0.05) is 12.7 Å². The molecule has 26 heavy (non-hydrogen) atoms. The van der Waals surface area contributed by atoms with Gasteiger partial charge in [0.25, 0.3) is 0 Å². The molecule has 0 unspecified atom stereocenters. The van der Waals surface area contributed by atoms with Crippen molar-refractivity contribution in [2.45, 2.75) is 25.4 Å². The summed E-state index contributed by atoms with van der Waals surface area (Å²) < 4.78 is 11.1. The molecule has 2 aliphatic rings. The lowest BCUT2D eigenvalue weighted by Crippen LogP contribution is -2.52. The average Bonchev–Trinajstić information content (AvgIpc) is 3.04. The number of nitrogens with two attached hydrogens (primary N) is 1. The topological polar surface area (TPSA) is 88.9 Å². The molecule has 2 amide bonds. The molecule has 7 heteroatoms. The fourth-order valence-corrected chi connectivity index (χ4v) is 3.51. The van der Waals surface area contributed by atoms with Crippen molar-refractivity contribution in [1.82, 2.24) is 15.8 Å². The highest BCUT2D eigenvalue weighted by molar-refractivity contribution is 5.74. The molecule has 0 saturated carbocycles. The molecule has 0 bridgehead atoms.